The number of amides is 1. The largest absolute Gasteiger partial charge is 0.476 e. The minimum atomic E-state index is -3.90. The van der Waals surface area contributed by atoms with Gasteiger partial charge in [-0.3, -0.25) is 13.8 Å². The second-order valence-electron chi connectivity index (χ2n) is 7.47. The van der Waals surface area contributed by atoms with Crippen LogP contribution in [0, 0.1) is 0 Å². The number of carbonyl (C=O) groups is 1. The van der Waals surface area contributed by atoms with Crippen LogP contribution in [-0.4, -0.2) is 41.6 Å². The summed E-state index contributed by atoms with van der Waals surface area (Å²) in [6, 6.07) is 18.5. The van der Waals surface area contributed by atoms with E-state index < -0.39 is 32.1 Å². The molecule has 3 aromatic rings. The summed E-state index contributed by atoms with van der Waals surface area (Å²) in [6.45, 7) is -0.199. The van der Waals surface area contributed by atoms with E-state index in [4.69, 9.17) is 16.3 Å². The van der Waals surface area contributed by atoms with Crippen molar-refractivity contribution < 1.29 is 26.4 Å². The molecule has 3 aromatic carbocycles. The number of nitrogens with zero attached hydrogens (tertiary/aromatic N) is 1. The number of carbonyl (C=O) groups excluding carboxylic acids is 1. The molecule has 0 saturated heterocycles. The van der Waals surface area contributed by atoms with Crippen molar-refractivity contribution in [1.29, 1.82) is 0 Å². The molecule has 1 aliphatic rings. The van der Waals surface area contributed by atoms with Gasteiger partial charge in [0.2, 0.25) is 10.0 Å². The van der Waals surface area contributed by atoms with Gasteiger partial charge in [-0.25, -0.2) is 16.8 Å². The van der Waals surface area contributed by atoms with E-state index in [0.29, 0.717) is 11.4 Å². The second kappa shape index (κ2) is 9.16. The van der Waals surface area contributed by atoms with E-state index in [2.05, 4.69) is 10.0 Å². The predicted molar refractivity (Wildman–Crippen MR) is 130 cm³/mol. The molecule has 0 spiro atoms. The highest BCUT2D eigenvalue weighted by atomic mass is 35.5. The topological polar surface area (TPSA) is 122 Å². The molecule has 0 saturated carbocycles. The molecule has 9 nitrogen and oxygen atoms in total. The Labute approximate surface area is 202 Å². The third-order valence-corrected chi connectivity index (χ3v) is 7.84. The van der Waals surface area contributed by atoms with Crippen molar-refractivity contribution in [3.8, 4) is 5.75 Å². The molecule has 0 aromatic heterocycles. The van der Waals surface area contributed by atoms with Crippen LogP contribution in [0.4, 0.5) is 17.1 Å². The molecule has 1 amide bonds. The van der Waals surface area contributed by atoms with Crippen molar-refractivity contribution >= 4 is 54.6 Å². The monoisotopic (exact) mass is 521 g/mol. The zero-order valence-electron chi connectivity index (χ0n) is 17.8. The summed E-state index contributed by atoms with van der Waals surface area (Å²) in [4.78, 5) is 12.8. The van der Waals surface area contributed by atoms with Gasteiger partial charge in [0, 0.05) is 5.69 Å². The maximum absolute atomic E-state index is 12.8. The van der Waals surface area contributed by atoms with Gasteiger partial charge in [-0.05, 0) is 48.5 Å². The Kier molecular flexibility index (Phi) is 6.43. The van der Waals surface area contributed by atoms with Crippen LogP contribution in [0.1, 0.15) is 0 Å². The minimum absolute atomic E-state index is 0.0310. The first-order chi connectivity index (χ1) is 16.0. The first-order valence-electron chi connectivity index (χ1n) is 9.96. The van der Waals surface area contributed by atoms with E-state index >= 15 is 0 Å². The maximum atomic E-state index is 12.8. The van der Waals surface area contributed by atoms with Crippen molar-refractivity contribution in [3.63, 3.8) is 0 Å². The number of benzene rings is 3. The van der Waals surface area contributed by atoms with E-state index in [0.717, 1.165) is 10.6 Å². The smallest absolute Gasteiger partial charge is 0.267 e. The Morgan fingerprint density at radius 1 is 0.971 bits per heavy atom. The van der Waals surface area contributed by atoms with Gasteiger partial charge in [-0.2, -0.15) is 0 Å². The Balaban J connectivity index is 1.48. The van der Waals surface area contributed by atoms with E-state index in [1.165, 1.54) is 30.3 Å². The van der Waals surface area contributed by atoms with Gasteiger partial charge < -0.3 is 10.1 Å². The molecule has 0 fully saturated rings. The molecule has 1 atom stereocenters. The fourth-order valence-corrected chi connectivity index (χ4v) is 5.57. The molecular formula is C22H20ClN3O6S2. The zero-order chi connectivity index (χ0) is 24.5. The lowest BCUT2D eigenvalue weighted by molar-refractivity contribution is -0.122. The van der Waals surface area contributed by atoms with Crippen molar-refractivity contribution in [2.45, 2.75) is 11.0 Å². The Morgan fingerprint density at radius 2 is 1.62 bits per heavy atom. The van der Waals surface area contributed by atoms with Crippen LogP contribution in [0.3, 0.4) is 0 Å². The molecular weight excluding hydrogens is 502 g/mol. The standard InChI is InChI=1S/C22H20ClN3O6S2/c1-33(28,29)26-14-21(32-20-9-5-4-8-19(20)26)22(27)24-15-10-12-16(13-11-15)34(30,31)25-18-7-3-2-6-17(18)23/h2-13,21,25H,14H2,1H3,(H,24,27)/t21-/m1/s1. The number of ether oxygens (including phenoxy) is 1. The van der Waals surface area contributed by atoms with Gasteiger partial charge in [0.05, 0.1) is 34.1 Å². The predicted octanol–water partition coefficient (Wildman–Crippen LogP) is 3.31. The highest BCUT2D eigenvalue weighted by Crippen LogP contribution is 2.35. The van der Waals surface area contributed by atoms with E-state index in [1.807, 2.05) is 0 Å². The molecule has 4 rings (SSSR count). The number of hydrogen-bond donors (Lipinski definition) is 2. The van der Waals surface area contributed by atoms with E-state index in [-0.39, 0.29) is 27.9 Å². The van der Waals surface area contributed by atoms with Crippen molar-refractivity contribution in [2.75, 3.05) is 27.1 Å². The van der Waals surface area contributed by atoms with Crippen LogP contribution in [0.15, 0.2) is 77.7 Å². The molecule has 0 unspecified atom stereocenters. The van der Waals surface area contributed by atoms with Crippen LogP contribution < -0.4 is 19.1 Å². The molecule has 0 bridgehead atoms. The fourth-order valence-electron chi connectivity index (χ4n) is 3.34. The molecule has 34 heavy (non-hydrogen) atoms. The Bertz CT molecular complexity index is 1440. The Morgan fingerprint density at radius 3 is 2.29 bits per heavy atom. The van der Waals surface area contributed by atoms with Crippen molar-refractivity contribution in [2.24, 2.45) is 0 Å². The normalized spacial score (nSPS) is 15.7. The van der Waals surface area contributed by atoms with Crippen LogP contribution >= 0.6 is 11.6 Å². The van der Waals surface area contributed by atoms with E-state index in [9.17, 15) is 21.6 Å². The number of para-hydroxylation sites is 3. The lowest BCUT2D eigenvalue weighted by atomic mass is 10.2. The molecule has 12 heteroatoms. The number of sulfonamides is 2. The van der Waals surface area contributed by atoms with Crippen molar-refractivity contribution in [3.05, 3.63) is 77.8 Å². The molecule has 1 aliphatic heterocycles. The molecule has 2 N–H and O–H groups in total. The quantitative estimate of drug-likeness (QED) is 0.513. The summed E-state index contributed by atoms with van der Waals surface area (Å²) in [5, 5.41) is 2.89. The average molecular weight is 522 g/mol. The third kappa shape index (κ3) is 5.11. The molecule has 0 aliphatic carbocycles. The molecule has 0 radical (unpaired) electrons. The van der Waals surface area contributed by atoms with E-state index in [1.54, 1.807) is 42.5 Å². The number of anilines is 3. The molecule has 178 valence electrons. The summed E-state index contributed by atoms with van der Waals surface area (Å²) < 4.78 is 59.0. The maximum Gasteiger partial charge on any atom is 0.267 e. The SMILES string of the molecule is CS(=O)(=O)N1C[C@H](C(=O)Nc2ccc(S(=O)(=O)Nc3ccccc3Cl)cc2)Oc2ccccc21. The fraction of sp³-hybridized carbons (Fsp3) is 0.136. The number of halogens is 1. The van der Waals surface area contributed by atoms with Gasteiger partial charge in [-0.1, -0.05) is 35.9 Å². The third-order valence-electron chi connectivity index (χ3n) is 4.98. The first kappa shape index (κ1) is 23.9. The van der Waals surface area contributed by atoms with Gasteiger partial charge in [0.1, 0.15) is 5.75 Å². The molecule has 1 heterocycles. The highest BCUT2D eigenvalue weighted by molar-refractivity contribution is 7.92. The van der Waals surface area contributed by atoms with Crippen molar-refractivity contribution in [1.82, 2.24) is 0 Å². The zero-order valence-corrected chi connectivity index (χ0v) is 20.2. The summed E-state index contributed by atoms with van der Waals surface area (Å²) in [6.07, 6.45) is -0.0465. The number of fused-ring (bicyclic) bond motifs is 1. The van der Waals surface area contributed by atoms with Crippen LogP contribution in [-0.2, 0) is 24.8 Å². The van der Waals surface area contributed by atoms with Crippen LogP contribution in [0.5, 0.6) is 5.75 Å². The lowest BCUT2D eigenvalue weighted by Crippen LogP contribution is -2.48. The summed E-state index contributed by atoms with van der Waals surface area (Å²) in [5.74, 6) is -0.306. The van der Waals surface area contributed by atoms with Gasteiger partial charge in [-0.15, -0.1) is 0 Å². The minimum Gasteiger partial charge on any atom is -0.476 e. The number of nitrogens with one attached hydrogen (secondary N) is 2. The second-order valence-corrected chi connectivity index (χ2v) is 11.5. The summed E-state index contributed by atoms with van der Waals surface area (Å²) in [7, 11) is -7.54. The average Bonchev–Trinajstić information content (AvgIpc) is 2.79. The first-order valence-corrected chi connectivity index (χ1v) is 13.7. The van der Waals surface area contributed by atoms with Gasteiger partial charge in [0.25, 0.3) is 15.9 Å². The van der Waals surface area contributed by atoms with Crippen LogP contribution in [0.25, 0.3) is 0 Å². The Hall–Kier alpha value is -3.28. The number of rotatable bonds is 6. The van der Waals surface area contributed by atoms with Gasteiger partial charge in [0.15, 0.2) is 6.10 Å². The van der Waals surface area contributed by atoms with Gasteiger partial charge >= 0.3 is 0 Å². The summed E-state index contributed by atoms with van der Waals surface area (Å²) in [5.41, 5.74) is 0.913. The lowest BCUT2D eigenvalue weighted by Gasteiger charge is -2.33. The van der Waals surface area contributed by atoms with Crippen LogP contribution in [0.2, 0.25) is 5.02 Å². The number of hydrogen-bond acceptors (Lipinski definition) is 6. The summed E-state index contributed by atoms with van der Waals surface area (Å²) >= 11 is 6.02. The highest BCUT2D eigenvalue weighted by Gasteiger charge is 2.34.